The average Bonchev–Trinajstić information content (AvgIpc) is 3.05. The highest BCUT2D eigenvalue weighted by molar-refractivity contribution is 5.26. The number of nitrogens with zero attached hydrogens (tertiary/aromatic N) is 3. The summed E-state index contributed by atoms with van der Waals surface area (Å²) in [6.45, 7) is 5.25. The van der Waals surface area contributed by atoms with E-state index in [-0.39, 0.29) is 5.60 Å². The van der Waals surface area contributed by atoms with Gasteiger partial charge in [0.15, 0.2) is 0 Å². The fourth-order valence-electron chi connectivity index (χ4n) is 3.08. The van der Waals surface area contributed by atoms with Crippen LogP contribution in [0.1, 0.15) is 17.5 Å². The molecule has 1 aromatic carbocycles. The molecule has 6 nitrogen and oxygen atoms in total. The summed E-state index contributed by atoms with van der Waals surface area (Å²) in [5.74, 6) is 1.53. The van der Waals surface area contributed by atoms with E-state index in [1.807, 2.05) is 31.6 Å². The zero-order valence-corrected chi connectivity index (χ0v) is 15.2. The first-order chi connectivity index (χ1) is 12.1. The van der Waals surface area contributed by atoms with Gasteiger partial charge < -0.3 is 14.8 Å². The number of hydrogen-bond donors (Lipinski definition) is 1. The monoisotopic (exact) mass is 342 g/mol. The van der Waals surface area contributed by atoms with Crippen LogP contribution in [0.4, 0.5) is 5.95 Å². The Morgan fingerprint density at radius 2 is 1.92 bits per heavy atom. The van der Waals surface area contributed by atoms with Crippen LogP contribution in [0.25, 0.3) is 0 Å². The molecule has 0 amide bonds. The van der Waals surface area contributed by atoms with Crippen molar-refractivity contribution < 1.29 is 9.47 Å². The molecule has 0 spiro atoms. The fraction of sp³-hybridized carbons (Fsp3) is 0.474. The number of aryl methyl sites for hydroxylation is 1. The lowest BCUT2D eigenvalue weighted by molar-refractivity contribution is -0.0359. The normalized spacial score (nSPS) is 20.6. The topological polar surface area (TPSA) is 59.5 Å². The first-order valence-corrected chi connectivity index (χ1v) is 8.58. The minimum atomic E-state index is -0.267. The van der Waals surface area contributed by atoms with Crippen molar-refractivity contribution in [1.29, 1.82) is 0 Å². The Bertz CT molecular complexity index is 675. The molecule has 2 heterocycles. The van der Waals surface area contributed by atoms with Crippen LogP contribution in [0, 0.1) is 6.92 Å². The van der Waals surface area contributed by atoms with Gasteiger partial charge in [-0.15, -0.1) is 0 Å². The van der Waals surface area contributed by atoms with E-state index in [1.54, 1.807) is 7.11 Å². The smallest absolute Gasteiger partial charge is 0.222 e. The predicted octanol–water partition coefficient (Wildman–Crippen LogP) is 2.50. The summed E-state index contributed by atoms with van der Waals surface area (Å²) in [7, 11) is 3.59. The van der Waals surface area contributed by atoms with Crippen molar-refractivity contribution in [3.05, 3.63) is 47.8 Å². The van der Waals surface area contributed by atoms with E-state index in [9.17, 15) is 0 Å². The van der Waals surface area contributed by atoms with E-state index >= 15 is 0 Å². The van der Waals surface area contributed by atoms with Gasteiger partial charge in [-0.1, -0.05) is 17.7 Å². The third-order valence-electron chi connectivity index (χ3n) is 4.69. The minimum Gasteiger partial charge on any atom is -0.491 e. The number of methoxy groups -OCH3 is 1. The first kappa shape index (κ1) is 17.6. The number of anilines is 1. The lowest BCUT2D eigenvalue weighted by Gasteiger charge is -2.28. The molecule has 1 atom stereocenters. The average molecular weight is 342 g/mol. The number of benzene rings is 1. The maximum atomic E-state index is 5.98. The Hall–Kier alpha value is -2.18. The molecule has 3 rings (SSSR count). The van der Waals surface area contributed by atoms with Crippen LogP contribution in [-0.2, 0) is 11.3 Å². The molecule has 6 heteroatoms. The van der Waals surface area contributed by atoms with Gasteiger partial charge in [0, 0.05) is 51.7 Å². The second kappa shape index (κ2) is 7.80. The summed E-state index contributed by atoms with van der Waals surface area (Å²) < 4.78 is 11.8. The Balaban J connectivity index is 1.56. The molecule has 0 radical (unpaired) electrons. The number of aromatic nitrogens is 2. The van der Waals surface area contributed by atoms with Crippen LogP contribution in [0.3, 0.4) is 0 Å². The Morgan fingerprint density at radius 3 is 2.56 bits per heavy atom. The summed E-state index contributed by atoms with van der Waals surface area (Å²) in [6.07, 6.45) is 4.69. The largest absolute Gasteiger partial charge is 0.491 e. The Kier molecular flexibility index (Phi) is 5.50. The van der Waals surface area contributed by atoms with Gasteiger partial charge >= 0.3 is 0 Å². The van der Waals surface area contributed by atoms with Crippen molar-refractivity contribution in [2.24, 2.45) is 0 Å². The van der Waals surface area contributed by atoms with Crippen LogP contribution < -0.4 is 10.1 Å². The molecule has 0 aliphatic carbocycles. The molecule has 25 heavy (non-hydrogen) atoms. The third kappa shape index (κ3) is 4.46. The van der Waals surface area contributed by atoms with Crippen molar-refractivity contribution in [2.45, 2.75) is 25.5 Å². The van der Waals surface area contributed by atoms with Gasteiger partial charge in [-0.2, -0.15) is 0 Å². The van der Waals surface area contributed by atoms with Gasteiger partial charge in [0.25, 0.3) is 0 Å². The third-order valence-corrected chi connectivity index (χ3v) is 4.69. The lowest BCUT2D eigenvalue weighted by atomic mass is 10.0. The van der Waals surface area contributed by atoms with Crippen LogP contribution in [0.2, 0.25) is 0 Å². The molecule has 134 valence electrons. The van der Waals surface area contributed by atoms with Crippen molar-refractivity contribution in [1.82, 2.24) is 14.9 Å². The molecule has 1 N–H and O–H groups in total. The molecule has 1 aliphatic rings. The second-order valence-electron chi connectivity index (χ2n) is 6.61. The molecule has 1 fully saturated rings. The maximum Gasteiger partial charge on any atom is 0.222 e. The minimum absolute atomic E-state index is 0.267. The number of rotatable bonds is 7. The van der Waals surface area contributed by atoms with Gasteiger partial charge in [-0.05, 0) is 25.5 Å². The molecular weight excluding hydrogens is 316 g/mol. The highest BCUT2D eigenvalue weighted by Crippen LogP contribution is 2.27. The Labute approximate surface area is 149 Å². The molecule has 0 bridgehead atoms. The quantitative estimate of drug-likeness (QED) is 0.834. The first-order valence-electron chi connectivity index (χ1n) is 8.58. The maximum absolute atomic E-state index is 5.98. The van der Waals surface area contributed by atoms with Gasteiger partial charge in [-0.3, -0.25) is 4.90 Å². The van der Waals surface area contributed by atoms with Gasteiger partial charge in [0.2, 0.25) is 5.95 Å². The van der Waals surface area contributed by atoms with Crippen LogP contribution in [0.5, 0.6) is 5.75 Å². The molecular formula is C19H26N4O2. The SMILES string of the molecule is CNc1ncc(CN2CCC(COc3ccc(C)cc3)(OC)C2)cn1. The zero-order valence-electron chi connectivity index (χ0n) is 15.2. The molecule has 1 aliphatic heterocycles. The van der Waals surface area contributed by atoms with Crippen LogP contribution in [0.15, 0.2) is 36.7 Å². The summed E-state index contributed by atoms with van der Waals surface area (Å²) in [5.41, 5.74) is 2.06. The molecule has 1 aromatic heterocycles. The van der Waals surface area contributed by atoms with Crippen molar-refractivity contribution in [2.75, 3.05) is 39.2 Å². The van der Waals surface area contributed by atoms with E-state index in [0.717, 1.165) is 37.4 Å². The van der Waals surface area contributed by atoms with Crippen LogP contribution in [-0.4, -0.2) is 54.3 Å². The molecule has 1 unspecified atom stereocenters. The molecule has 1 saturated heterocycles. The number of ether oxygens (including phenoxy) is 2. The predicted molar refractivity (Wildman–Crippen MR) is 97.9 cm³/mol. The van der Waals surface area contributed by atoms with Crippen LogP contribution >= 0.6 is 0 Å². The summed E-state index contributed by atoms with van der Waals surface area (Å²) in [4.78, 5) is 10.9. The molecule has 0 saturated carbocycles. The zero-order chi connectivity index (χ0) is 17.7. The lowest BCUT2D eigenvalue weighted by Crippen LogP contribution is -2.41. The van der Waals surface area contributed by atoms with E-state index in [4.69, 9.17) is 9.47 Å². The van der Waals surface area contributed by atoms with E-state index in [2.05, 4.69) is 39.2 Å². The highest BCUT2D eigenvalue weighted by atomic mass is 16.5. The summed E-state index contributed by atoms with van der Waals surface area (Å²) >= 11 is 0. The number of likely N-dealkylation sites (tertiary alicyclic amines) is 1. The summed E-state index contributed by atoms with van der Waals surface area (Å²) in [6, 6.07) is 8.13. The molecule has 2 aromatic rings. The summed E-state index contributed by atoms with van der Waals surface area (Å²) in [5, 5.41) is 2.93. The fourth-order valence-corrected chi connectivity index (χ4v) is 3.08. The van der Waals surface area contributed by atoms with E-state index in [0.29, 0.717) is 12.6 Å². The van der Waals surface area contributed by atoms with Crippen molar-refractivity contribution >= 4 is 5.95 Å². The standard InChI is InChI=1S/C19H26N4O2/c1-15-4-6-17(7-5-15)25-14-19(24-3)8-9-23(13-19)12-16-10-21-18(20-2)22-11-16/h4-7,10-11H,8-9,12-14H2,1-3H3,(H,20,21,22). The van der Waals surface area contributed by atoms with Gasteiger partial charge in [-0.25, -0.2) is 9.97 Å². The van der Waals surface area contributed by atoms with Crippen molar-refractivity contribution in [3.63, 3.8) is 0 Å². The highest BCUT2D eigenvalue weighted by Gasteiger charge is 2.39. The van der Waals surface area contributed by atoms with Crippen molar-refractivity contribution in [3.8, 4) is 5.75 Å². The number of nitrogens with one attached hydrogen (secondary N) is 1. The Morgan fingerprint density at radius 1 is 1.20 bits per heavy atom. The number of hydrogen-bond acceptors (Lipinski definition) is 6. The van der Waals surface area contributed by atoms with Gasteiger partial charge in [0.1, 0.15) is 18.0 Å². The van der Waals surface area contributed by atoms with Gasteiger partial charge in [0.05, 0.1) is 0 Å². The van der Waals surface area contributed by atoms with E-state index in [1.165, 1.54) is 5.56 Å². The van der Waals surface area contributed by atoms with E-state index < -0.39 is 0 Å². The second-order valence-corrected chi connectivity index (χ2v) is 6.61.